The lowest BCUT2D eigenvalue weighted by Crippen LogP contribution is -2.41. The number of aryl methyl sites for hydroxylation is 1. The van der Waals surface area contributed by atoms with E-state index in [0.717, 1.165) is 25.1 Å². The van der Waals surface area contributed by atoms with Crippen LogP contribution in [0, 0.1) is 10.1 Å². The molecule has 0 aliphatic heterocycles. The quantitative estimate of drug-likeness (QED) is 0.460. The van der Waals surface area contributed by atoms with E-state index in [9.17, 15) is 10.1 Å². The Morgan fingerprint density at radius 2 is 1.76 bits per heavy atom. The van der Waals surface area contributed by atoms with Crippen LogP contribution in [0.15, 0.2) is 54.6 Å². The number of nitrogens with zero attached hydrogens (tertiary/aromatic N) is 2. The van der Waals surface area contributed by atoms with Crippen LogP contribution in [-0.4, -0.2) is 25.6 Å². The van der Waals surface area contributed by atoms with Gasteiger partial charge in [0.2, 0.25) is 0 Å². The van der Waals surface area contributed by atoms with Gasteiger partial charge in [-0.3, -0.25) is 14.6 Å². The lowest BCUT2D eigenvalue weighted by molar-refractivity contribution is -0.384. The summed E-state index contributed by atoms with van der Waals surface area (Å²) < 4.78 is 0.647. The number of quaternary nitrogens is 1. The summed E-state index contributed by atoms with van der Waals surface area (Å²) in [7, 11) is 4.17. The highest BCUT2D eigenvalue weighted by Crippen LogP contribution is 2.24. The maximum Gasteiger partial charge on any atom is 0.275 e. The lowest BCUT2D eigenvalue weighted by atomic mass is 10.1. The fourth-order valence-electron chi connectivity index (χ4n) is 2.44. The molecule has 0 radical (unpaired) electrons. The Labute approximate surface area is 125 Å². The second kappa shape index (κ2) is 6.50. The summed E-state index contributed by atoms with van der Waals surface area (Å²) in [5, 5.41) is 10.9. The summed E-state index contributed by atoms with van der Waals surface area (Å²) >= 11 is 0. The van der Waals surface area contributed by atoms with E-state index in [1.54, 1.807) is 12.1 Å². The van der Waals surface area contributed by atoms with Gasteiger partial charge in [-0.1, -0.05) is 30.3 Å². The van der Waals surface area contributed by atoms with Gasteiger partial charge in [0, 0.05) is 12.5 Å². The van der Waals surface area contributed by atoms with Gasteiger partial charge in [-0.15, -0.1) is 0 Å². The fraction of sp³-hybridized carbons (Fsp3) is 0.294. The number of nitro benzene ring substituents is 1. The number of hydrogen-bond acceptors (Lipinski definition) is 2. The summed E-state index contributed by atoms with van der Waals surface area (Å²) in [5.74, 6) is 0. The summed E-state index contributed by atoms with van der Waals surface area (Å²) in [6.07, 6.45) is 2.07. The van der Waals surface area contributed by atoms with Crippen molar-refractivity contribution in [2.45, 2.75) is 12.8 Å². The van der Waals surface area contributed by atoms with Gasteiger partial charge in [0.1, 0.15) is 5.69 Å². The molecule has 4 nitrogen and oxygen atoms in total. The molecule has 0 atom stereocenters. The number of nitro groups is 1. The van der Waals surface area contributed by atoms with E-state index in [4.69, 9.17) is 0 Å². The van der Waals surface area contributed by atoms with E-state index < -0.39 is 0 Å². The molecular weight excluding hydrogens is 264 g/mol. The molecule has 0 fully saturated rings. The average Bonchev–Trinajstić information content (AvgIpc) is 2.48. The molecule has 0 aliphatic carbocycles. The molecule has 0 saturated heterocycles. The van der Waals surface area contributed by atoms with Crippen LogP contribution < -0.4 is 4.48 Å². The monoisotopic (exact) mass is 285 g/mol. The van der Waals surface area contributed by atoms with Crippen molar-refractivity contribution < 1.29 is 4.92 Å². The molecule has 0 spiro atoms. The number of non-ortho nitro benzene ring substituents is 1. The highest BCUT2D eigenvalue weighted by molar-refractivity contribution is 5.49. The molecule has 0 saturated carbocycles. The van der Waals surface area contributed by atoms with Crippen LogP contribution in [0.1, 0.15) is 12.0 Å². The molecule has 0 heterocycles. The normalized spacial score (nSPS) is 11.3. The molecule has 0 aromatic heterocycles. The lowest BCUT2D eigenvalue weighted by Gasteiger charge is -2.29. The minimum Gasteiger partial charge on any atom is -0.296 e. The minimum absolute atomic E-state index is 0.154. The molecule has 21 heavy (non-hydrogen) atoms. The van der Waals surface area contributed by atoms with Crippen molar-refractivity contribution in [1.82, 2.24) is 4.48 Å². The van der Waals surface area contributed by atoms with Crippen molar-refractivity contribution in [1.29, 1.82) is 0 Å². The van der Waals surface area contributed by atoms with Crippen LogP contribution in [0.25, 0.3) is 0 Å². The predicted octanol–water partition coefficient (Wildman–Crippen LogP) is 3.79. The highest BCUT2D eigenvalue weighted by Gasteiger charge is 2.21. The van der Waals surface area contributed by atoms with E-state index >= 15 is 0 Å². The Balaban J connectivity index is 2.01. The van der Waals surface area contributed by atoms with Gasteiger partial charge in [-0.25, -0.2) is 0 Å². The average molecular weight is 285 g/mol. The third-order valence-corrected chi connectivity index (χ3v) is 3.76. The summed E-state index contributed by atoms with van der Waals surface area (Å²) in [5.41, 5.74) is 2.45. The third-order valence-electron chi connectivity index (χ3n) is 3.76. The second-order valence-corrected chi connectivity index (χ2v) is 5.77. The molecule has 2 aromatic carbocycles. The number of rotatable bonds is 6. The summed E-state index contributed by atoms with van der Waals surface area (Å²) in [6, 6.07) is 17.3. The van der Waals surface area contributed by atoms with Crippen molar-refractivity contribution in [3.63, 3.8) is 0 Å². The zero-order valence-electron chi connectivity index (χ0n) is 12.5. The Hall–Kier alpha value is -2.20. The summed E-state index contributed by atoms with van der Waals surface area (Å²) in [6.45, 7) is 0.941. The third kappa shape index (κ3) is 4.13. The van der Waals surface area contributed by atoms with E-state index in [0.29, 0.717) is 4.48 Å². The first kappa shape index (κ1) is 15.2. The number of hydrogen-bond donors (Lipinski definition) is 0. The highest BCUT2D eigenvalue weighted by atomic mass is 16.6. The second-order valence-electron chi connectivity index (χ2n) is 5.77. The molecule has 0 aliphatic rings. The van der Waals surface area contributed by atoms with E-state index in [1.807, 2.05) is 12.1 Å². The van der Waals surface area contributed by atoms with E-state index in [1.165, 1.54) is 11.6 Å². The molecule has 0 amide bonds. The molecular formula is C17H21N2O2+. The van der Waals surface area contributed by atoms with E-state index in [-0.39, 0.29) is 10.6 Å². The Bertz CT molecular complexity index is 609. The molecule has 2 rings (SSSR count). The Morgan fingerprint density at radius 1 is 1.05 bits per heavy atom. The predicted molar refractivity (Wildman–Crippen MR) is 86.4 cm³/mol. The molecule has 4 heteroatoms. The van der Waals surface area contributed by atoms with Crippen LogP contribution in [0.4, 0.5) is 11.4 Å². The van der Waals surface area contributed by atoms with Gasteiger partial charge < -0.3 is 0 Å². The van der Waals surface area contributed by atoms with Crippen LogP contribution in [-0.2, 0) is 6.42 Å². The zero-order chi connectivity index (χ0) is 15.3. The maximum atomic E-state index is 10.9. The zero-order valence-corrected chi connectivity index (χ0v) is 12.5. The first-order chi connectivity index (χ1) is 9.99. The summed E-state index contributed by atoms with van der Waals surface area (Å²) in [4.78, 5) is 10.5. The standard InChI is InChI=1S/C17H21N2O2/c1-19(2,13-7-10-15-8-4-3-5-9-15)17-12-6-11-16(14-17)18(20)21/h3-6,8-9,11-12,14H,7,10,13H2,1-2H3/q+1. The van der Waals surface area contributed by atoms with Crippen molar-refractivity contribution >= 4 is 11.4 Å². The largest absolute Gasteiger partial charge is 0.296 e. The first-order valence-electron chi connectivity index (χ1n) is 7.11. The molecule has 2 aromatic rings. The molecule has 110 valence electrons. The Morgan fingerprint density at radius 3 is 2.43 bits per heavy atom. The topological polar surface area (TPSA) is 43.1 Å². The van der Waals surface area contributed by atoms with Gasteiger partial charge in [0.15, 0.2) is 0 Å². The number of benzene rings is 2. The van der Waals surface area contributed by atoms with Crippen molar-refractivity contribution in [3.05, 3.63) is 70.3 Å². The minimum atomic E-state index is -0.340. The van der Waals surface area contributed by atoms with Gasteiger partial charge >= 0.3 is 0 Å². The van der Waals surface area contributed by atoms with Crippen LogP contribution in [0.5, 0.6) is 0 Å². The molecule has 0 unspecified atom stereocenters. The molecule has 0 N–H and O–H groups in total. The van der Waals surface area contributed by atoms with Crippen LogP contribution >= 0.6 is 0 Å². The fourth-order valence-corrected chi connectivity index (χ4v) is 2.44. The van der Waals surface area contributed by atoms with Crippen LogP contribution in [0.2, 0.25) is 0 Å². The van der Waals surface area contributed by atoms with Crippen molar-refractivity contribution in [2.24, 2.45) is 0 Å². The smallest absolute Gasteiger partial charge is 0.275 e. The Kier molecular flexibility index (Phi) is 4.70. The van der Waals surface area contributed by atoms with Crippen molar-refractivity contribution in [3.8, 4) is 0 Å². The van der Waals surface area contributed by atoms with Crippen molar-refractivity contribution in [2.75, 3.05) is 20.6 Å². The van der Waals surface area contributed by atoms with Gasteiger partial charge in [-0.2, -0.15) is 0 Å². The van der Waals surface area contributed by atoms with Gasteiger partial charge in [0.05, 0.1) is 31.6 Å². The van der Waals surface area contributed by atoms with E-state index in [2.05, 4.69) is 38.4 Å². The first-order valence-corrected chi connectivity index (χ1v) is 7.11. The van der Waals surface area contributed by atoms with Gasteiger partial charge in [0.25, 0.3) is 5.69 Å². The van der Waals surface area contributed by atoms with Gasteiger partial charge in [-0.05, 0) is 24.1 Å². The van der Waals surface area contributed by atoms with Crippen LogP contribution in [0.3, 0.4) is 0 Å². The molecule has 0 bridgehead atoms. The SMILES string of the molecule is C[N+](C)(CCCc1ccccc1)c1cccc([N+](=O)[O-])c1. The maximum absolute atomic E-state index is 10.9.